The van der Waals surface area contributed by atoms with Crippen molar-refractivity contribution in [2.45, 2.75) is 125 Å². The largest absolute Gasteiger partial charge is 0.507 e. The Kier molecular flexibility index (Phi) is 16.2. The molecular weight excluding hydrogens is 1060 g/mol. The van der Waals surface area contributed by atoms with Crippen LogP contribution in [0.1, 0.15) is 138 Å². The summed E-state index contributed by atoms with van der Waals surface area (Å²) >= 11 is 0. The van der Waals surface area contributed by atoms with Crippen LogP contribution in [0.15, 0.2) is 36.4 Å². The molecule has 24 nitrogen and oxygen atoms in total. The number of halogens is 1. The SMILES string of the molecule is COc1cccc2c1C(=O)c1c(O)c3c(c(O)c1C2=O)C[C@@](O)(C(=O)CO)C[C@@H]3O[C@H]1C[C@H](N)[C@H](O)[C@H](C)O1.COc1cccc2c1C(=O)c1c(O)c3c(c(O)c1C2=O)C[C@@](O)(C(=O)CO)C[C@@H]3O[C@H]1C[C@H](N)[C@H](O)[C@H](C)O1.Cl. The zero-order chi connectivity index (χ0) is 56.8. The first-order valence-corrected chi connectivity index (χ1v) is 24.8. The maximum Gasteiger partial charge on any atom is 0.202 e. The molecular formula is C54H59ClN2O22. The van der Waals surface area contributed by atoms with Gasteiger partial charge in [0.1, 0.15) is 58.9 Å². The molecule has 0 aromatic heterocycles. The van der Waals surface area contributed by atoms with Crippen LogP contribution in [0.25, 0.3) is 0 Å². The van der Waals surface area contributed by atoms with Gasteiger partial charge in [-0.2, -0.15) is 0 Å². The number of ether oxygens (including phenoxy) is 6. The second kappa shape index (κ2) is 21.9. The highest BCUT2D eigenvalue weighted by molar-refractivity contribution is 6.32. The molecule has 2 saturated heterocycles. The predicted octanol–water partition coefficient (Wildman–Crippen LogP) is 0.424. The molecule has 6 aliphatic rings. The van der Waals surface area contributed by atoms with Crippen molar-refractivity contribution in [1.29, 1.82) is 0 Å². The lowest BCUT2D eigenvalue weighted by molar-refractivity contribution is -0.247. The van der Waals surface area contributed by atoms with E-state index in [2.05, 4.69) is 0 Å². The number of aliphatic hydroxyl groups excluding tert-OH is 4. The summed E-state index contributed by atoms with van der Waals surface area (Å²) in [5.41, 5.74) is 4.75. The monoisotopic (exact) mass is 1120 g/mol. The second-order valence-corrected chi connectivity index (χ2v) is 20.3. The highest BCUT2D eigenvalue weighted by Crippen LogP contribution is 2.55. The van der Waals surface area contributed by atoms with Crippen molar-refractivity contribution in [2.75, 3.05) is 27.4 Å². The molecule has 2 aliphatic heterocycles. The Morgan fingerprint density at radius 3 is 1.24 bits per heavy atom. The van der Waals surface area contributed by atoms with Gasteiger partial charge in [-0.05, 0) is 26.0 Å². The number of rotatable bonds is 10. The number of nitrogens with two attached hydrogens (primary N) is 2. The van der Waals surface area contributed by atoms with Gasteiger partial charge in [-0.25, -0.2) is 0 Å². The first-order chi connectivity index (χ1) is 36.9. The van der Waals surface area contributed by atoms with Crippen molar-refractivity contribution >= 4 is 47.1 Å². The molecule has 4 aliphatic carbocycles. The fourth-order valence-electron chi connectivity index (χ4n) is 11.5. The van der Waals surface area contributed by atoms with E-state index >= 15 is 0 Å². The van der Waals surface area contributed by atoms with Gasteiger partial charge in [-0.3, -0.25) is 28.8 Å². The number of carbonyl (C=O) groups excluding carboxylic acids is 6. The van der Waals surface area contributed by atoms with Crippen LogP contribution >= 0.6 is 12.4 Å². The first-order valence-electron chi connectivity index (χ1n) is 24.8. The summed E-state index contributed by atoms with van der Waals surface area (Å²) in [5.74, 6) is -7.55. The van der Waals surface area contributed by atoms with Crippen LogP contribution in [0.3, 0.4) is 0 Å². The number of phenolic OH excluding ortho intramolecular Hbond substituents is 4. The maximum atomic E-state index is 13.6. The minimum Gasteiger partial charge on any atom is -0.507 e. The lowest BCUT2D eigenvalue weighted by Gasteiger charge is -2.42. The number of hydrogen-bond donors (Lipinski definition) is 12. The van der Waals surface area contributed by atoms with Crippen LogP contribution in [-0.2, 0) is 41.4 Å². The summed E-state index contributed by atoms with van der Waals surface area (Å²) in [6, 6.07) is 7.27. The summed E-state index contributed by atoms with van der Waals surface area (Å²) < 4.78 is 34.0. The summed E-state index contributed by atoms with van der Waals surface area (Å²) in [6.45, 7) is 1.12. The molecule has 10 rings (SSSR count). The number of benzene rings is 4. The molecule has 4 aromatic carbocycles. The van der Waals surface area contributed by atoms with E-state index < -0.39 is 191 Å². The van der Waals surface area contributed by atoms with E-state index in [4.69, 9.17) is 39.9 Å². The van der Waals surface area contributed by atoms with Crippen LogP contribution < -0.4 is 20.9 Å². The summed E-state index contributed by atoms with van der Waals surface area (Å²) in [7, 11) is 2.64. The third-order valence-corrected chi connectivity index (χ3v) is 15.6. The fourth-order valence-corrected chi connectivity index (χ4v) is 11.5. The lowest BCUT2D eigenvalue weighted by atomic mass is 9.72. The predicted molar refractivity (Wildman–Crippen MR) is 271 cm³/mol. The number of fused-ring (bicyclic) bond motifs is 6. The number of carbonyl (C=O) groups is 6. The minimum absolute atomic E-state index is 0. The van der Waals surface area contributed by atoms with Crippen molar-refractivity contribution in [3.63, 3.8) is 0 Å². The van der Waals surface area contributed by atoms with Crippen LogP contribution in [0.4, 0.5) is 0 Å². The van der Waals surface area contributed by atoms with E-state index in [1.54, 1.807) is 13.8 Å². The Balaban J connectivity index is 0.000000205. The second-order valence-electron chi connectivity index (χ2n) is 20.3. The summed E-state index contributed by atoms with van der Waals surface area (Å²) in [4.78, 5) is 79.5. The van der Waals surface area contributed by atoms with E-state index in [-0.39, 0.29) is 81.3 Å². The van der Waals surface area contributed by atoms with Crippen molar-refractivity contribution in [1.82, 2.24) is 0 Å². The molecule has 0 radical (unpaired) electrons. The van der Waals surface area contributed by atoms with E-state index in [0.29, 0.717) is 0 Å². The molecule has 2 heterocycles. The quantitative estimate of drug-likeness (QED) is 0.0827. The van der Waals surface area contributed by atoms with Gasteiger partial charge in [0, 0.05) is 84.0 Å². The van der Waals surface area contributed by atoms with Crippen LogP contribution in [0.2, 0.25) is 0 Å². The standard InChI is InChI=1S/2C27H29NO11.ClH/c2*1-10-22(31)13(28)6-17(38-10)39-15-8-27(36,16(30)9-29)7-12-19(15)26(35)21-20(24(12)33)23(32)11-4-3-5-14(37-2)18(11)25(21)34;/h2*3-5,10,13,15,17,22,29,31,33,35-36H,6-9,28H2,1-2H3;1H/t2*10-,13-,15-,17-,22+,27-;/m00./s1. The zero-order valence-electron chi connectivity index (χ0n) is 42.8. The van der Waals surface area contributed by atoms with Gasteiger partial charge in [0.15, 0.2) is 35.7 Å². The van der Waals surface area contributed by atoms with Gasteiger partial charge in [0.2, 0.25) is 11.6 Å². The maximum absolute atomic E-state index is 13.6. The molecule has 0 bridgehead atoms. The Labute approximate surface area is 455 Å². The summed E-state index contributed by atoms with van der Waals surface area (Å²) in [6.07, 6.45) is -10.2. The number of Topliss-reactive ketones (excluding diaryl/α,β-unsaturated/α-hetero) is 2. The zero-order valence-corrected chi connectivity index (χ0v) is 43.6. The first kappa shape index (κ1) is 58.7. The van der Waals surface area contributed by atoms with Gasteiger partial charge in [0.05, 0.1) is 84.2 Å². The van der Waals surface area contributed by atoms with Crippen LogP contribution in [0.5, 0.6) is 34.5 Å². The fraction of sp³-hybridized carbons (Fsp3) is 0.444. The minimum atomic E-state index is -2.24. The van der Waals surface area contributed by atoms with E-state index in [1.807, 2.05) is 0 Å². The van der Waals surface area contributed by atoms with Crippen LogP contribution in [0, 0.1) is 0 Å². The van der Waals surface area contributed by atoms with E-state index in [9.17, 15) is 79.8 Å². The number of ketones is 6. The average Bonchev–Trinajstić information content (AvgIpc) is 3.59. The Morgan fingerprint density at radius 2 is 0.924 bits per heavy atom. The van der Waals surface area contributed by atoms with Gasteiger partial charge in [-0.1, -0.05) is 24.3 Å². The molecule has 79 heavy (non-hydrogen) atoms. The number of aliphatic hydroxyl groups is 6. The topological polar surface area (TPSA) is 412 Å². The molecule has 14 N–H and O–H groups in total. The molecule has 0 unspecified atom stereocenters. The van der Waals surface area contributed by atoms with Crippen molar-refractivity contribution in [3.8, 4) is 34.5 Å². The van der Waals surface area contributed by atoms with Crippen molar-refractivity contribution in [3.05, 3.63) is 103 Å². The van der Waals surface area contributed by atoms with Gasteiger partial charge in [0.25, 0.3) is 0 Å². The Bertz CT molecular complexity index is 2970. The van der Waals surface area contributed by atoms with Gasteiger partial charge >= 0.3 is 0 Å². The molecule has 12 atom stereocenters. The highest BCUT2D eigenvalue weighted by atomic mass is 35.5. The normalized spacial score (nSPS) is 29.5. The number of hydrogen-bond acceptors (Lipinski definition) is 24. The third kappa shape index (κ3) is 9.62. The average molecular weight is 1120 g/mol. The third-order valence-electron chi connectivity index (χ3n) is 15.6. The smallest absolute Gasteiger partial charge is 0.202 e. The number of phenols is 4. The van der Waals surface area contributed by atoms with Crippen LogP contribution in [-0.4, -0.2) is 173 Å². The lowest BCUT2D eigenvalue weighted by Crippen LogP contribution is -2.53. The number of methoxy groups -OCH3 is 2. The van der Waals surface area contributed by atoms with E-state index in [1.165, 1.54) is 50.6 Å². The Morgan fingerprint density at radius 1 is 0.582 bits per heavy atom. The molecule has 424 valence electrons. The molecule has 0 amide bonds. The summed E-state index contributed by atoms with van der Waals surface area (Å²) in [5, 5.41) is 107. The molecule has 0 saturated carbocycles. The number of aromatic hydroxyl groups is 4. The molecule has 25 heteroatoms. The van der Waals surface area contributed by atoms with E-state index in [0.717, 1.165) is 0 Å². The van der Waals surface area contributed by atoms with Crippen molar-refractivity contribution in [2.24, 2.45) is 11.5 Å². The molecule has 0 spiro atoms. The van der Waals surface area contributed by atoms with Gasteiger partial charge < -0.3 is 91.0 Å². The van der Waals surface area contributed by atoms with Crippen molar-refractivity contribution < 1.29 is 108 Å². The highest BCUT2D eigenvalue weighted by Gasteiger charge is 2.52. The molecule has 4 aromatic rings. The molecule has 2 fully saturated rings. The Hall–Kier alpha value is -6.49. The van der Waals surface area contributed by atoms with Gasteiger partial charge in [-0.15, -0.1) is 12.4 Å².